The second-order valence-corrected chi connectivity index (χ2v) is 3.42. The van der Waals surface area contributed by atoms with Crippen LogP contribution in [-0.4, -0.2) is 11.3 Å². The number of halogens is 4. The first-order chi connectivity index (χ1) is 6.83. The molecule has 15 heavy (non-hydrogen) atoms. The van der Waals surface area contributed by atoms with Gasteiger partial charge in [0.2, 0.25) is 5.88 Å². The van der Waals surface area contributed by atoms with Gasteiger partial charge >= 0.3 is 6.36 Å². The Labute approximate surface area is 91.5 Å². The fraction of sp³-hybridized carbons (Fsp3) is 0.286. The zero-order valence-electron chi connectivity index (χ0n) is 7.31. The third kappa shape index (κ3) is 3.24. The van der Waals surface area contributed by atoms with E-state index in [2.05, 4.69) is 25.7 Å². The van der Waals surface area contributed by atoms with E-state index < -0.39 is 12.2 Å². The second-order valence-electron chi connectivity index (χ2n) is 2.57. The number of hydrogen-bond acceptors (Lipinski definition) is 4. The van der Waals surface area contributed by atoms with Crippen LogP contribution in [0.1, 0.15) is 5.69 Å². The van der Waals surface area contributed by atoms with Crippen LogP contribution in [0.15, 0.2) is 10.5 Å². The summed E-state index contributed by atoms with van der Waals surface area (Å²) < 4.78 is 39.7. The molecule has 0 aliphatic rings. The molecule has 0 atom stereocenters. The fourth-order valence-electron chi connectivity index (χ4n) is 0.841. The van der Waals surface area contributed by atoms with E-state index in [1.807, 2.05) is 0 Å². The molecule has 1 rings (SSSR count). The van der Waals surface area contributed by atoms with E-state index in [0.717, 1.165) is 0 Å². The first-order valence-corrected chi connectivity index (χ1v) is 4.53. The summed E-state index contributed by atoms with van der Waals surface area (Å²) >= 11 is 2.98. The van der Waals surface area contributed by atoms with Gasteiger partial charge in [-0.15, -0.1) is 13.2 Å². The summed E-state index contributed by atoms with van der Waals surface area (Å²) in [6.45, 7) is -0.00685. The lowest BCUT2D eigenvalue weighted by atomic mass is 10.3. The molecule has 0 radical (unpaired) electrons. The van der Waals surface area contributed by atoms with Crippen molar-refractivity contribution in [2.45, 2.75) is 12.9 Å². The lowest BCUT2D eigenvalue weighted by molar-refractivity contribution is -0.275. The molecule has 4 nitrogen and oxygen atoms in total. The van der Waals surface area contributed by atoms with Crippen LogP contribution < -0.4 is 16.2 Å². The van der Waals surface area contributed by atoms with E-state index in [1.54, 1.807) is 0 Å². The third-order valence-electron chi connectivity index (χ3n) is 1.45. The Hall–Kier alpha value is -1.02. The monoisotopic (exact) mass is 285 g/mol. The summed E-state index contributed by atoms with van der Waals surface area (Å²) in [7, 11) is 0. The Kier molecular flexibility index (Phi) is 3.40. The maximum Gasteiger partial charge on any atom is 0.574 e. The van der Waals surface area contributed by atoms with Crippen LogP contribution in [0.4, 0.5) is 18.9 Å². The molecule has 1 aromatic rings. The number of anilines is 1. The van der Waals surface area contributed by atoms with E-state index in [-0.39, 0.29) is 22.4 Å². The molecule has 0 saturated heterocycles. The molecule has 0 bridgehead atoms. The summed E-state index contributed by atoms with van der Waals surface area (Å²) in [5, 5.41) is 0. The van der Waals surface area contributed by atoms with Gasteiger partial charge in [0.15, 0.2) is 0 Å². The van der Waals surface area contributed by atoms with E-state index in [0.29, 0.717) is 0 Å². The quantitative estimate of drug-likeness (QED) is 0.869. The molecule has 4 N–H and O–H groups in total. The van der Waals surface area contributed by atoms with Crippen molar-refractivity contribution in [3.8, 4) is 5.88 Å². The summed E-state index contributed by atoms with van der Waals surface area (Å²) in [5.41, 5.74) is 10.6. The molecule has 0 spiro atoms. The van der Waals surface area contributed by atoms with Crippen molar-refractivity contribution in [3.05, 3.63) is 16.2 Å². The average Bonchev–Trinajstić information content (AvgIpc) is 2.10. The first kappa shape index (κ1) is 12.1. The van der Waals surface area contributed by atoms with Crippen molar-refractivity contribution in [1.29, 1.82) is 0 Å². The molecule has 8 heteroatoms. The summed E-state index contributed by atoms with van der Waals surface area (Å²) in [4.78, 5) is 3.51. The van der Waals surface area contributed by atoms with Gasteiger partial charge in [0.1, 0.15) is 5.69 Å². The van der Waals surface area contributed by atoms with Crippen LogP contribution >= 0.6 is 15.9 Å². The highest BCUT2D eigenvalue weighted by Crippen LogP contribution is 2.32. The molecular formula is C7H7BrF3N3O. The van der Waals surface area contributed by atoms with Crippen LogP contribution in [0, 0.1) is 0 Å². The number of alkyl halides is 3. The minimum Gasteiger partial charge on any atom is -0.393 e. The molecule has 1 heterocycles. The lowest BCUT2D eigenvalue weighted by Gasteiger charge is -2.12. The molecule has 0 aliphatic carbocycles. The molecule has 84 valence electrons. The predicted octanol–water partition coefficient (Wildman–Crippen LogP) is 1.78. The highest BCUT2D eigenvalue weighted by Gasteiger charge is 2.33. The van der Waals surface area contributed by atoms with Crippen LogP contribution in [0.3, 0.4) is 0 Å². The van der Waals surface area contributed by atoms with Crippen molar-refractivity contribution in [3.63, 3.8) is 0 Å². The number of nitrogen functional groups attached to an aromatic ring is 1. The van der Waals surface area contributed by atoms with E-state index in [9.17, 15) is 13.2 Å². The average molecular weight is 286 g/mol. The van der Waals surface area contributed by atoms with Gasteiger partial charge in [-0.1, -0.05) is 0 Å². The zero-order chi connectivity index (χ0) is 11.6. The van der Waals surface area contributed by atoms with E-state index in [1.165, 1.54) is 6.07 Å². The SMILES string of the molecule is NCc1cc(Br)c(N)c(OC(F)(F)F)n1. The maximum atomic E-state index is 11.9. The van der Waals surface area contributed by atoms with Crippen molar-refractivity contribution >= 4 is 21.6 Å². The van der Waals surface area contributed by atoms with Gasteiger partial charge in [-0.2, -0.15) is 0 Å². The van der Waals surface area contributed by atoms with Crippen molar-refractivity contribution < 1.29 is 17.9 Å². The minimum absolute atomic E-state index is 0.00685. The third-order valence-corrected chi connectivity index (χ3v) is 2.10. The van der Waals surface area contributed by atoms with Crippen molar-refractivity contribution in [2.75, 3.05) is 5.73 Å². The number of ether oxygens (including phenoxy) is 1. The Balaban J connectivity index is 3.11. The highest BCUT2D eigenvalue weighted by molar-refractivity contribution is 9.10. The largest absolute Gasteiger partial charge is 0.574 e. The Morgan fingerprint density at radius 3 is 2.53 bits per heavy atom. The number of rotatable bonds is 2. The molecule has 0 saturated carbocycles. The number of hydrogen-bond donors (Lipinski definition) is 2. The topological polar surface area (TPSA) is 74.2 Å². The molecule has 1 aromatic heterocycles. The van der Waals surface area contributed by atoms with Gasteiger partial charge < -0.3 is 16.2 Å². The van der Waals surface area contributed by atoms with Crippen LogP contribution in [0.25, 0.3) is 0 Å². The van der Waals surface area contributed by atoms with Gasteiger partial charge in [-0.3, -0.25) is 0 Å². The Morgan fingerprint density at radius 1 is 1.47 bits per heavy atom. The number of nitrogens with zero attached hydrogens (tertiary/aromatic N) is 1. The molecule has 0 aromatic carbocycles. The Bertz CT molecular complexity index is 369. The predicted molar refractivity (Wildman–Crippen MR) is 50.9 cm³/mol. The van der Waals surface area contributed by atoms with Gasteiger partial charge in [-0.25, -0.2) is 4.98 Å². The van der Waals surface area contributed by atoms with Crippen LogP contribution in [0.5, 0.6) is 5.88 Å². The smallest absolute Gasteiger partial charge is 0.393 e. The molecule has 0 unspecified atom stereocenters. The normalized spacial score (nSPS) is 11.5. The van der Waals surface area contributed by atoms with E-state index in [4.69, 9.17) is 11.5 Å². The second kappa shape index (κ2) is 4.23. The lowest BCUT2D eigenvalue weighted by Crippen LogP contribution is -2.19. The summed E-state index contributed by atoms with van der Waals surface area (Å²) in [6, 6.07) is 1.43. The van der Waals surface area contributed by atoms with Gasteiger partial charge in [0.05, 0.1) is 5.69 Å². The van der Waals surface area contributed by atoms with Gasteiger partial charge in [0, 0.05) is 11.0 Å². The van der Waals surface area contributed by atoms with Gasteiger partial charge in [0.25, 0.3) is 0 Å². The number of pyridine rings is 1. The highest BCUT2D eigenvalue weighted by atomic mass is 79.9. The van der Waals surface area contributed by atoms with Gasteiger partial charge in [-0.05, 0) is 22.0 Å². The number of aromatic nitrogens is 1. The molecular weight excluding hydrogens is 279 g/mol. The standard InChI is InChI=1S/C7H7BrF3N3O/c8-4-1-3(2-12)14-6(5(4)13)15-7(9,10)11/h1H,2,12-13H2. The summed E-state index contributed by atoms with van der Waals surface area (Å²) in [6.07, 6.45) is -4.83. The van der Waals surface area contributed by atoms with E-state index >= 15 is 0 Å². The molecule has 0 fully saturated rings. The first-order valence-electron chi connectivity index (χ1n) is 3.74. The van der Waals surface area contributed by atoms with Crippen LogP contribution in [-0.2, 0) is 6.54 Å². The Morgan fingerprint density at radius 2 is 2.07 bits per heavy atom. The molecule has 0 amide bonds. The fourth-order valence-corrected chi connectivity index (χ4v) is 1.27. The van der Waals surface area contributed by atoms with Crippen molar-refractivity contribution in [2.24, 2.45) is 5.73 Å². The van der Waals surface area contributed by atoms with Crippen molar-refractivity contribution in [1.82, 2.24) is 4.98 Å². The minimum atomic E-state index is -4.83. The summed E-state index contributed by atoms with van der Waals surface area (Å²) in [5.74, 6) is -0.697. The molecule has 0 aliphatic heterocycles. The number of nitrogens with two attached hydrogens (primary N) is 2. The zero-order valence-corrected chi connectivity index (χ0v) is 8.89. The maximum absolute atomic E-state index is 11.9. The van der Waals surface area contributed by atoms with Crippen LogP contribution in [0.2, 0.25) is 0 Å².